The molecule has 14 heavy (non-hydrogen) atoms. The van der Waals surface area contributed by atoms with E-state index < -0.39 is 12.0 Å². The van der Waals surface area contributed by atoms with Crippen LogP contribution in [-0.2, 0) is 9.53 Å². The maximum atomic E-state index is 11.3. The lowest BCUT2D eigenvalue weighted by Crippen LogP contribution is -2.60. The Morgan fingerprint density at radius 2 is 2.36 bits per heavy atom. The summed E-state index contributed by atoms with van der Waals surface area (Å²) in [5, 5.41) is 8.68. The first-order chi connectivity index (χ1) is 6.59. The minimum atomic E-state index is -0.618. The number of nitrogens with two attached hydrogens (primary N) is 1. The van der Waals surface area contributed by atoms with Crippen LogP contribution in [-0.4, -0.2) is 36.8 Å². The molecule has 1 heterocycles. The van der Waals surface area contributed by atoms with E-state index in [4.69, 9.17) is 11.0 Å². The van der Waals surface area contributed by atoms with Crippen LogP contribution in [0.1, 0.15) is 0 Å². The Bertz CT molecular complexity index is 273. The Kier molecular flexibility index (Phi) is 3.45. The summed E-state index contributed by atoms with van der Waals surface area (Å²) in [4.78, 5) is 11.3. The van der Waals surface area contributed by atoms with Gasteiger partial charge in [-0.15, -0.1) is 0 Å². The van der Waals surface area contributed by atoms with Gasteiger partial charge in [0, 0.05) is 10.7 Å². The molecule has 76 valence electrons. The quantitative estimate of drug-likeness (QED) is 0.532. The number of nitrogens with zero attached hydrogens (tertiary/aromatic N) is 1. The van der Waals surface area contributed by atoms with Crippen LogP contribution in [0.4, 0.5) is 0 Å². The second-order valence-electron chi connectivity index (χ2n) is 3.50. The highest BCUT2D eigenvalue weighted by molar-refractivity contribution is 8.00. The zero-order chi connectivity index (χ0) is 10.8. The van der Waals surface area contributed by atoms with Crippen molar-refractivity contribution >= 4 is 24.4 Å². The first-order valence-corrected chi connectivity index (χ1v) is 5.60. The van der Waals surface area contributed by atoms with Crippen molar-refractivity contribution in [2.45, 2.75) is 23.4 Å². The zero-order valence-electron chi connectivity index (χ0n) is 8.32. The number of thioether (sulfide) groups is 1. The highest BCUT2D eigenvalue weighted by atomic mass is 32.2. The van der Waals surface area contributed by atoms with Crippen molar-refractivity contribution in [1.82, 2.24) is 0 Å². The minimum absolute atomic E-state index is 0.0400. The standard InChI is InChI=1S/C8H13BN2O2S/c1-13-7(12)6(11)8(14-2)3-9(4-8)5-10/h6H,3-4,11H2,1-2H3. The lowest BCUT2D eigenvalue weighted by molar-refractivity contribution is -0.142. The number of ether oxygens (including phenoxy) is 1. The van der Waals surface area contributed by atoms with Gasteiger partial charge in [-0.1, -0.05) is 0 Å². The third-order valence-electron chi connectivity index (χ3n) is 2.79. The lowest BCUT2D eigenvalue weighted by atomic mass is 9.31. The second kappa shape index (κ2) is 4.24. The number of carbonyl (C=O) groups excluding carboxylic acids is 1. The van der Waals surface area contributed by atoms with Crippen LogP contribution in [0.5, 0.6) is 0 Å². The van der Waals surface area contributed by atoms with Crippen LogP contribution >= 0.6 is 11.8 Å². The van der Waals surface area contributed by atoms with E-state index in [0.29, 0.717) is 12.6 Å². The Labute approximate surface area is 88.2 Å². The van der Waals surface area contributed by atoms with Crippen molar-refractivity contribution < 1.29 is 9.53 Å². The van der Waals surface area contributed by atoms with Crippen LogP contribution in [0.3, 0.4) is 0 Å². The average molecular weight is 212 g/mol. The molecule has 0 aromatic rings. The number of carbonyl (C=O) groups is 1. The third kappa shape index (κ3) is 1.75. The molecule has 0 spiro atoms. The van der Waals surface area contributed by atoms with E-state index in [-0.39, 0.29) is 11.5 Å². The van der Waals surface area contributed by atoms with Gasteiger partial charge in [0.05, 0.1) is 7.11 Å². The van der Waals surface area contributed by atoms with Crippen molar-refractivity contribution in [3.8, 4) is 5.97 Å². The Morgan fingerprint density at radius 1 is 1.79 bits per heavy atom. The molecule has 2 N–H and O–H groups in total. The summed E-state index contributed by atoms with van der Waals surface area (Å²) >= 11 is 1.55. The topological polar surface area (TPSA) is 76.1 Å². The van der Waals surface area contributed by atoms with Gasteiger partial charge >= 0.3 is 5.97 Å². The third-order valence-corrected chi connectivity index (χ3v) is 4.20. The van der Waals surface area contributed by atoms with Gasteiger partial charge in [0.2, 0.25) is 0 Å². The summed E-state index contributed by atoms with van der Waals surface area (Å²) in [5.74, 6) is 1.79. The molecule has 6 heteroatoms. The molecule has 0 amide bonds. The van der Waals surface area contributed by atoms with Crippen molar-refractivity contribution in [1.29, 1.82) is 5.26 Å². The van der Waals surface area contributed by atoms with Gasteiger partial charge in [0.1, 0.15) is 6.04 Å². The first-order valence-electron chi connectivity index (χ1n) is 4.38. The zero-order valence-corrected chi connectivity index (χ0v) is 9.13. The first kappa shape index (κ1) is 11.4. The molecular weight excluding hydrogens is 199 g/mol. The van der Waals surface area contributed by atoms with Gasteiger partial charge in [-0.2, -0.15) is 11.8 Å². The molecule has 1 aliphatic heterocycles. The predicted molar refractivity (Wildman–Crippen MR) is 57.2 cm³/mol. The maximum absolute atomic E-state index is 11.3. The highest BCUT2D eigenvalue weighted by Crippen LogP contribution is 2.46. The molecule has 0 bridgehead atoms. The molecule has 1 fully saturated rings. The average Bonchev–Trinajstić information content (AvgIpc) is 2.16. The summed E-state index contributed by atoms with van der Waals surface area (Å²) in [6, 6.07) is -0.618. The smallest absolute Gasteiger partial charge is 0.324 e. The summed E-state index contributed by atoms with van der Waals surface area (Å²) in [6.45, 7) is 0.0400. The molecule has 0 aliphatic carbocycles. The number of rotatable bonds is 3. The second-order valence-corrected chi connectivity index (χ2v) is 4.73. The van der Waals surface area contributed by atoms with Crippen LogP contribution in [0.15, 0.2) is 0 Å². The number of methoxy groups -OCH3 is 1. The Hall–Kier alpha value is -0.665. The van der Waals surface area contributed by atoms with E-state index in [1.807, 2.05) is 6.26 Å². The predicted octanol–water partition coefficient (Wildman–Crippen LogP) is 0.160. The minimum Gasteiger partial charge on any atom is -0.468 e. The molecule has 1 aliphatic rings. The molecule has 1 saturated heterocycles. The highest BCUT2D eigenvalue weighted by Gasteiger charge is 2.53. The molecule has 0 aromatic heterocycles. The van der Waals surface area contributed by atoms with Crippen molar-refractivity contribution in [2.24, 2.45) is 5.73 Å². The van der Waals surface area contributed by atoms with E-state index in [0.717, 1.165) is 0 Å². The van der Waals surface area contributed by atoms with Crippen molar-refractivity contribution in [3.63, 3.8) is 0 Å². The normalized spacial score (nSPS) is 20.6. The molecule has 1 unspecified atom stereocenters. The van der Waals surface area contributed by atoms with Crippen molar-refractivity contribution in [3.05, 3.63) is 0 Å². The Balaban J connectivity index is 2.65. The van der Waals surface area contributed by atoms with Crippen LogP contribution in [0.2, 0.25) is 12.6 Å². The molecule has 4 nitrogen and oxygen atoms in total. The number of hydrogen-bond acceptors (Lipinski definition) is 5. The van der Waals surface area contributed by atoms with Crippen LogP contribution in [0.25, 0.3) is 0 Å². The van der Waals surface area contributed by atoms with Gasteiger partial charge in [-0.05, 0) is 18.9 Å². The summed E-state index contributed by atoms with van der Waals surface area (Å²) in [6.07, 6.45) is 3.28. The fraction of sp³-hybridized carbons (Fsp3) is 0.750. The van der Waals surface area contributed by atoms with E-state index in [9.17, 15) is 4.79 Å². The van der Waals surface area contributed by atoms with Gasteiger partial charge in [-0.3, -0.25) is 4.79 Å². The molecule has 0 aromatic carbocycles. The summed E-state index contributed by atoms with van der Waals surface area (Å²) in [5.41, 5.74) is 5.79. The largest absolute Gasteiger partial charge is 0.468 e. The van der Waals surface area contributed by atoms with Gasteiger partial charge < -0.3 is 10.5 Å². The molecule has 0 radical (unpaired) electrons. The Morgan fingerprint density at radius 3 is 2.71 bits per heavy atom. The number of nitriles is 1. The molecule has 1 atom stereocenters. The van der Waals surface area contributed by atoms with E-state index >= 15 is 0 Å². The van der Waals surface area contributed by atoms with Gasteiger partial charge in [-0.25, -0.2) is 5.26 Å². The monoisotopic (exact) mass is 212 g/mol. The lowest BCUT2D eigenvalue weighted by Gasteiger charge is -2.45. The van der Waals surface area contributed by atoms with E-state index in [2.05, 4.69) is 10.7 Å². The maximum Gasteiger partial charge on any atom is 0.324 e. The van der Waals surface area contributed by atoms with Gasteiger partial charge in [0.25, 0.3) is 6.71 Å². The molecular formula is C8H13BN2O2S. The van der Waals surface area contributed by atoms with Crippen LogP contribution in [0, 0.1) is 11.2 Å². The van der Waals surface area contributed by atoms with Crippen molar-refractivity contribution in [2.75, 3.05) is 13.4 Å². The molecule has 0 saturated carbocycles. The van der Waals surface area contributed by atoms with E-state index in [1.54, 1.807) is 11.8 Å². The van der Waals surface area contributed by atoms with Crippen LogP contribution < -0.4 is 5.73 Å². The summed E-state index contributed by atoms with van der Waals surface area (Å²) < 4.78 is 4.32. The number of esters is 1. The fourth-order valence-electron chi connectivity index (χ4n) is 1.75. The van der Waals surface area contributed by atoms with Gasteiger partial charge in [0.15, 0.2) is 0 Å². The summed E-state index contributed by atoms with van der Waals surface area (Å²) in [7, 11) is 1.33. The SMILES string of the molecule is COC(=O)C(N)C1(SC)CB(C#N)C1. The fourth-order valence-corrected chi connectivity index (χ4v) is 2.84. The van der Waals surface area contributed by atoms with E-state index in [1.165, 1.54) is 7.11 Å². The number of hydrogen-bond donors (Lipinski definition) is 1. The molecule has 1 rings (SSSR count).